The highest BCUT2D eigenvalue weighted by atomic mass is 32.1. The van der Waals surface area contributed by atoms with Gasteiger partial charge in [-0.25, -0.2) is 4.98 Å². The summed E-state index contributed by atoms with van der Waals surface area (Å²) in [5.74, 6) is 1.95. The highest BCUT2D eigenvalue weighted by molar-refractivity contribution is 7.09. The van der Waals surface area contributed by atoms with Crippen LogP contribution in [0.3, 0.4) is 0 Å². The molecule has 1 saturated heterocycles. The van der Waals surface area contributed by atoms with E-state index in [0.717, 1.165) is 55.0 Å². The average molecular weight is 621 g/mol. The van der Waals surface area contributed by atoms with E-state index in [1.165, 1.54) is 4.88 Å². The highest BCUT2D eigenvalue weighted by Gasteiger charge is 2.30. The Morgan fingerprint density at radius 3 is 2.32 bits per heavy atom. The lowest BCUT2D eigenvalue weighted by Crippen LogP contribution is -2.56. The summed E-state index contributed by atoms with van der Waals surface area (Å²) >= 11 is 1.74. The van der Waals surface area contributed by atoms with Crippen LogP contribution in [0.15, 0.2) is 52.9 Å². The van der Waals surface area contributed by atoms with E-state index >= 15 is 0 Å². The molecule has 1 aromatic carbocycles. The molecule has 0 saturated carbocycles. The second-order valence-corrected chi connectivity index (χ2v) is 12.4. The number of carbonyl (C=O) groups is 2. The van der Waals surface area contributed by atoms with Crippen LogP contribution in [-0.2, 0) is 11.2 Å². The standard InChI is InChI=1S/C33H46N6O2S.C2H6/c1-7-11-30(34-6)37-15-17-38(18-16-37)33(41)28(20-23(4)5)36-32(40)24-13-14-29-27(21-24)35-31(22-26-12-10-19-42-26)39(29)25(8-2)9-3;1-2/h7,10-14,19,21,23,25,28H,8-9,15-18,20,22H2,1-6H3,(H,36,40);1-2H3/b11-7-,34-30?;/t28-;/m0./s1. The zero-order chi connectivity index (χ0) is 32.2. The fraction of sp³-hybridized carbons (Fsp3) is 0.543. The van der Waals surface area contributed by atoms with Crippen molar-refractivity contribution in [3.05, 3.63) is 64.1 Å². The van der Waals surface area contributed by atoms with Crippen molar-refractivity contribution in [2.75, 3.05) is 33.2 Å². The minimum atomic E-state index is -0.578. The van der Waals surface area contributed by atoms with Gasteiger partial charge in [0.25, 0.3) is 5.91 Å². The van der Waals surface area contributed by atoms with Gasteiger partial charge in [-0.15, -0.1) is 11.3 Å². The molecule has 0 bridgehead atoms. The number of hydrogen-bond acceptors (Lipinski definition) is 5. The van der Waals surface area contributed by atoms with E-state index in [9.17, 15) is 9.59 Å². The molecule has 3 aromatic rings. The Morgan fingerprint density at radius 1 is 1.07 bits per heavy atom. The van der Waals surface area contributed by atoms with Gasteiger partial charge in [-0.3, -0.25) is 14.6 Å². The molecule has 0 spiro atoms. The first-order valence-electron chi connectivity index (χ1n) is 16.3. The Balaban J connectivity index is 0.00000259. The normalized spacial score (nSPS) is 14.8. The van der Waals surface area contributed by atoms with Gasteiger partial charge in [-0.1, -0.05) is 53.7 Å². The van der Waals surface area contributed by atoms with Crippen molar-refractivity contribution in [1.82, 2.24) is 24.7 Å². The Morgan fingerprint density at radius 2 is 1.75 bits per heavy atom. The van der Waals surface area contributed by atoms with E-state index in [1.54, 1.807) is 18.4 Å². The maximum absolute atomic E-state index is 13.7. The molecule has 9 heteroatoms. The first kappa shape index (κ1) is 35.0. The Bertz CT molecular complexity index is 1400. The summed E-state index contributed by atoms with van der Waals surface area (Å²) in [5, 5.41) is 5.18. The van der Waals surface area contributed by atoms with E-state index in [4.69, 9.17) is 4.98 Å². The van der Waals surface area contributed by atoms with Crippen LogP contribution in [0.4, 0.5) is 0 Å². The number of nitrogens with zero attached hydrogens (tertiary/aromatic N) is 5. The van der Waals surface area contributed by atoms with Crippen molar-refractivity contribution in [2.45, 2.75) is 86.2 Å². The first-order chi connectivity index (χ1) is 21.3. The number of aliphatic imine (C=N–C) groups is 1. The molecule has 0 radical (unpaired) electrons. The molecular weight excluding hydrogens is 568 g/mol. The Labute approximate surface area is 268 Å². The van der Waals surface area contributed by atoms with Gasteiger partial charge in [0.2, 0.25) is 5.91 Å². The topological polar surface area (TPSA) is 82.8 Å². The lowest BCUT2D eigenvalue weighted by Gasteiger charge is -2.37. The van der Waals surface area contributed by atoms with Crippen LogP contribution >= 0.6 is 11.3 Å². The van der Waals surface area contributed by atoms with Crippen LogP contribution in [0.2, 0.25) is 0 Å². The molecule has 44 heavy (non-hydrogen) atoms. The molecule has 8 nitrogen and oxygen atoms in total. The second kappa shape index (κ2) is 17.1. The van der Waals surface area contributed by atoms with Crippen molar-refractivity contribution < 1.29 is 9.59 Å². The number of fused-ring (bicyclic) bond motifs is 1. The lowest BCUT2D eigenvalue weighted by molar-refractivity contribution is -0.134. The van der Waals surface area contributed by atoms with Crippen LogP contribution in [-0.4, -0.2) is 76.3 Å². The number of carbonyl (C=O) groups excluding carboxylic acids is 2. The predicted molar refractivity (Wildman–Crippen MR) is 185 cm³/mol. The molecule has 1 fully saturated rings. The summed E-state index contributed by atoms with van der Waals surface area (Å²) in [6, 6.07) is 9.75. The summed E-state index contributed by atoms with van der Waals surface area (Å²) in [6.07, 6.45) is 7.35. The molecule has 1 aliphatic rings. The van der Waals surface area contributed by atoms with E-state index in [-0.39, 0.29) is 17.7 Å². The number of imidazole rings is 1. The Hall–Kier alpha value is -3.46. The molecule has 1 aliphatic heterocycles. The van der Waals surface area contributed by atoms with Crippen LogP contribution in [0.1, 0.15) is 94.8 Å². The zero-order valence-corrected chi connectivity index (χ0v) is 28.8. The van der Waals surface area contributed by atoms with E-state index in [1.807, 2.05) is 56.0 Å². The SMILES string of the molecule is C/C=C\C(=NC)N1CCN(C(=O)[C@H](CC(C)C)NC(=O)c2ccc3c(c2)nc(Cc2cccs2)n3C(CC)CC)CC1.CC. The van der Waals surface area contributed by atoms with Crippen molar-refractivity contribution in [3.8, 4) is 0 Å². The van der Waals surface area contributed by atoms with Gasteiger partial charge in [-0.2, -0.15) is 0 Å². The molecular formula is C35H52N6O2S. The summed E-state index contributed by atoms with van der Waals surface area (Å²) in [7, 11) is 1.79. The van der Waals surface area contributed by atoms with Crippen molar-refractivity contribution in [3.63, 3.8) is 0 Å². The largest absolute Gasteiger partial charge is 0.353 e. The van der Waals surface area contributed by atoms with Gasteiger partial charge in [0.15, 0.2) is 0 Å². The monoisotopic (exact) mass is 620 g/mol. The number of piperazine rings is 1. The summed E-state index contributed by atoms with van der Waals surface area (Å²) in [5.41, 5.74) is 2.40. The molecule has 3 heterocycles. The Kier molecular flexibility index (Phi) is 13.6. The third kappa shape index (κ3) is 8.58. The van der Waals surface area contributed by atoms with Crippen LogP contribution in [0.25, 0.3) is 11.0 Å². The average Bonchev–Trinajstić information content (AvgIpc) is 3.68. The van der Waals surface area contributed by atoms with Gasteiger partial charge in [-0.05, 0) is 67.8 Å². The minimum absolute atomic E-state index is 0.0185. The molecule has 2 amide bonds. The second-order valence-electron chi connectivity index (χ2n) is 11.4. The van der Waals surface area contributed by atoms with Gasteiger partial charge in [0.1, 0.15) is 17.7 Å². The third-order valence-electron chi connectivity index (χ3n) is 8.02. The van der Waals surface area contributed by atoms with E-state index in [2.05, 4.69) is 65.0 Å². The smallest absolute Gasteiger partial charge is 0.252 e. The zero-order valence-electron chi connectivity index (χ0n) is 28.0. The van der Waals surface area contributed by atoms with E-state index in [0.29, 0.717) is 31.1 Å². The molecule has 2 aromatic heterocycles. The number of rotatable bonds is 11. The van der Waals surface area contributed by atoms with Gasteiger partial charge >= 0.3 is 0 Å². The summed E-state index contributed by atoms with van der Waals surface area (Å²) in [6.45, 7) is 17.2. The summed E-state index contributed by atoms with van der Waals surface area (Å²) < 4.78 is 2.35. The van der Waals surface area contributed by atoms with E-state index < -0.39 is 6.04 Å². The number of benzene rings is 1. The predicted octanol–water partition coefficient (Wildman–Crippen LogP) is 6.97. The van der Waals surface area contributed by atoms with Crippen LogP contribution in [0, 0.1) is 5.92 Å². The molecule has 4 rings (SSSR count). The fourth-order valence-electron chi connectivity index (χ4n) is 5.83. The first-order valence-corrected chi connectivity index (χ1v) is 17.1. The molecule has 1 N–H and O–H groups in total. The van der Waals surface area contributed by atoms with Crippen molar-refractivity contribution in [2.24, 2.45) is 10.9 Å². The quantitative estimate of drug-likeness (QED) is 0.185. The molecule has 240 valence electrons. The number of hydrogen-bond donors (Lipinski definition) is 1. The molecule has 0 aliphatic carbocycles. The van der Waals surface area contributed by atoms with Crippen molar-refractivity contribution in [1.29, 1.82) is 0 Å². The van der Waals surface area contributed by atoms with Gasteiger partial charge in [0.05, 0.1) is 11.0 Å². The number of nitrogens with one attached hydrogen (secondary N) is 1. The minimum Gasteiger partial charge on any atom is -0.353 e. The van der Waals surface area contributed by atoms with Gasteiger partial charge < -0.3 is 19.7 Å². The number of allylic oxidation sites excluding steroid dienone is 1. The molecule has 1 atom stereocenters. The van der Waals surface area contributed by atoms with Crippen LogP contribution in [0.5, 0.6) is 0 Å². The lowest BCUT2D eigenvalue weighted by atomic mass is 10.0. The third-order valence-corrected chi connectivity index (χ3v) is 8.89. The number of thiophene rings is 1. The maximum Gasteiger partial charge on any atom is 0.252 e. The number of amides is 2. The maximum atomic E-state index is 13.7. The van der Waals surface area contributed by atoms with Crippen LogP contribution < -0.4 is 5.32 Å². The number of aromatic nitrogens is 2. The van der Waals surface area contributed by atoms with Crippen molar-refractivity contribution >= 4 is 40.0 Å². The fourth-order valence-corrected chi connectivity index (χ4v) is 6.53. The number of amidine groups is 1. The highest BCUT2D eigenvalue weighted by Crippen LogP contribution is 2.28. The molecule has 0 unspecified atom stereocenters. The van der Waals surface area contributed by atoms with Gasteiger partial charge in [0, 0.05) is 56.1 Å². The summed E-state index contributed by atoms with van der Waals surface area (Å²) in [4.78, 5) is 42.0.